The second-order valence-electron chi connectivity index (χ2n) is 4.66. The number of methoxy groups -OCH3 is 2. The first-order chi connectivity index (χ1) is 10.5. The van der Waals surface area contributed by atoms with Crippen molar-refractivity contribution in [2.75, 3.05) is 20.8 Å². The summed E-state index contributed by atoms with van der Waals surface area (Å²) >= 11 is 0. The molecular formula is C15H21NO6. The predicted octanol–water partition coefficient (Wildman–Crippen LogP) is 0.816. The van der Waals surface area contributed by atoms with Crippen molar-refractivity contribution in [1.29, 1.82) is 0 Å². The first-order valence-electron chi connectivity index (χ1n) is 6.74. The maximum Gasteiger partial charge on any atom is 0.328 e. The van der Waals surface area contributed by atoms with Crippen molar-refractivity contribution >= 4 is 11.9 Å². The molecule has 2 atom stereocenters. The van der Waals surface area contributed by atoms with Gasteiger partial charge in [-0.1, -0.05) is 12.1 Å². The van der Waals surface area contributed by atoms with Crippen LogP contribution < -0.4 is 10.1 Å². The zero-order chi connectivity index (χ0) is 16.5. The van der Waals surface area contributed by atoms with E-state index in [1.54, 1.807) is 20.1 Å². The van der Waals surface area contributed by atoms with Crippen molar-refractivity contribution in [3.63, 3.8) is 0 Å². The van der Waals surface area contributed by atoms with Gasteiger partial charge in [0.2, 0.25) is 5.91 Å². The Morgan fingerprint density at radius 2 is 2.05 bits per heavy atom. The number of carbonyl (C=O) groups excluding carboxylic acids is 1. The molecule has 0 aliphatic heterocycles. The number of nitrogens with one attached hydrogen (secondary N) is 1. The van der Waals surface area contributed by atoms with Crippen LogP contribution in [0.25, 0.3) is 0 Å². The molecule has 1 aromatic carbocycles. The fraction of sp³-hybridized carbons (Fsp3) is 0.467. The molecule has 0 aromatic heterocycles. The highest BCUT2D eigenvalue weighted by Gasteiger charge is 2.23. The standard InChI is InChI=1S/C15H21NO6/c1-10(14(17)16-13(9-20-2)15(18)19)22-8-11-5-4-6-12(7-11)21-3/h4-7,10,13H,8-9H2,1-3H3,(H,16,17)(H,18,19). The van der Waals surface area contributed by atoms with Crippen LogP contribution in [0, 0.1) is 0 Å². The van der Waals surface area contributed by atoms with Gasteiger partial charge < -0.3 is 24.6 Å². The molecule has 0 aliphatic carbocycles. The quantitative estimate of drug-likeness (QED) is 0.701. The number of carboxylic acid groups (broad SMARTS) is 1. The third kappa shape index (κ3) is 5.71. The largest absolute Gasteiger partial charge is 0.497 e. The molecular weight excluding hydrogens is 290 g/mol. The summed E-state index contributed by atoms with van der Waals surface area (Å²) in [4.78, 5) is 22.8. The minimum Gasteiger partial charge on any atom is -0.497 e. The van der Waals surface area contributed by atoms with Crippen LogP contribution in [0.2, 0.25) is 0 Å². The van der Waals surface area contributed by atoms with E-state index >= 15 is 0 Å². The van der Waals surface area contributed by atoms with E-state index in [1.807, 2.05) is 18.2 Å². The van der Waals surface area contributed by atoms with Crippen LogP contribution in [-0.4, -0.2) is 50.0 Å². The lowest BCUT2D eigenvalue weighted by atomic mass is 10.2. The van der Waals surface area contributed by atoms with Crippen LogP contribution in [0.5, 0.6) is 5.75 Å². The summed E-state index contributed by atoms with van der Waals surface area (Å²) in [5, 5.41) is 11.3. The minimum atomic E-state index is -1.16. The zero-order valence-corrected chi connectivity index (χ0v) is 12.9. The SMILES string of the molecule is COCC(NC(=O)C(C)OCc1cccc(OC)c1)C(=O)O. The van der Waals surface area contributed by atoms with Gasteiger partial charge in [0.25, 0.3) is 0 Å². The summed E-state index contributed by atoms with van der Waals surface area (Å²) in [6.45, 7) is 1.67. The highest BCUT2D eigenvalue weighted by Crippen LogP contribution is 2.13. The molecule has 7 nitrogen and oxygen atoms in total. The summed E-state index contributed by atoms with van der Waals surface area (Å²) in [7, 11) is 2.93. The summed E-state index contributed by atoms with van der Waals surface area (Å²) < 4.78 is 15.3. The van der Waals surface area contributed by atoms with Gasteiger partial charge in [0, 0.05) is 7.11 Å². The molecule has 1 rings (SSSR count). The number of ether oxygens (including phenoxy) is 3. The van der Waals surface area contributed by atoms with Gasteiger partial charge in [-0.25, -0.2) is 4.79 Å². The fourth-order valence-corrected chi connectivity index (χ4v) is 1.69. The van der Waals surface area contributed by atoms with Crippen molar-refractivity contribution < 1.29 is 28.9 Å². The Bertz CT molecular complexity index is 505. The smallest absolute Gasteiger partial charge is 0.328 e. The van der Waals surface area contributed by atoms with Gasteiger partial charge in [0.1, 0.15) is 11.9 Å². The lowest BCUT2D eigenvalue weighted by molar-refractivity contribution is -0.145. The second-order valence-corrected chi connectivity index (χ2v) is 4.66. The molecule has 1 aromatic rings. The summed E-state index contributed by atoms with van der Waals surface area (Å²) in [5.41, 5.74) is 0.852. The molecule has 0 saturated carbocycles. The minimum absolute atomic E-state index is 0.107. The molecule has 0 radical (unpaired) electrons. The maximum absolute atomic E-state index is 11.9. The van der Waals surface area contributed by atoms with Crippen molar-refractivity contribution in [1.82, 2.24) is 5.32 Å². The monoisotopic (exact) mass is 311 g/mol. The molecule has 0 saturated heterocycles. The molecule has 0 fully saturated rings. The number of amides is 1. The first-order valence-corrected chi connectivity index (χ1v) is 6.74. The van der Waals surface area contributed by atoms with E-state index < -0.39 is 24.0 Å². The summed E-state index contributed by atoms with van der Waals surface area (Å²) in [6.07, 6.45) is -0.787. The van der Waals surface area contributed by atoms with E-state index in [1.165, 1.54) is 7.11 Å². The average molecular weight is 311 g/mol. The van der Waals surface area contributed by atoms with Gasteiger partial charge in [-0.05, 0) is 24.6 Å². The van der Waals surface area contributed by atoms with Crippen molar-refractivity contribution in [2.45, 2.75) is 25.7 Å². The average Bonchev–Trinajstić information content (AvgIpc) is 2.52. The van der Waals surface area contributed by atoms with Crippen LogP contribution in [0.15, 0.2) is 24.3 Å². The summed E-state index contributed by atoms with van der Waals surface area (Å²) in [6, 6.07) is 6.18. The van der Waals surface area contributed by atoms with Gasteiger partial charge in [0.15, 0.2) is 6.04 Å². The van der Waals surface area contributed by atoms with E-state index in [-0.39, 0.29) is 13.2 Å². The molecule has 0 heterocycles. The van der Waals surface area contributed by atoms with E-state index in [4.69, 9.17) is 19.3 Å². The number of rotatable bonds is 9. The zero-order valence-electron chi connectivity index (χ0n) is 12.9. The number of carbonyl (C=O) groups is 2. The second kappa shape index (κ2) is 9.01. The Morgan fingerprint density at radius 3 is 2.64 bits per heavy atom. The van der Waals surface area contributed by atoms with E-state index in [0.717, 1.165) is 5.56 Å². The van der Waals surface area contributed by atoms with Gasteiger partial charge in [-0.2, -0.15) is 0 Å². The van der Waals surface area contributed by atoms with Crippen LogP contribution in [0.4, 0.5) is 0 Å². The normalized spacial score (nSPS) is 13.2. The highest BCUT2D eigenvalue weighted by atomic mass is 16.5. The number of carboxylic acids is 1. The van der Waals surface area contributed by atoms with E-state index in [9.17, 15) is 9.59 Å². The Balaban J connectivity index is 2.51. The summed E-state index contributed by atoms with van der Waals surface area (Å²) in [5.74, 6) is -0.966. The van der Waals surface area contributed by atoms with Crippen molar-refractivity contribution in [3.8, 4) is 5.75 Å². The van der Waals surface area contributed by atoms with Crippen LogP contribution in [0.1, 0.15) is 12.5 Å². The molecule has 22 heavy (non-hydrogen) atoms. The molecule has 2 N–H and O–H groups in total. The third-order valence-corrected chi connectivity index (χ3v) is 2.95. The van der Waals surface area contributed by atoms with Crippen LogP contribution >= 0.6 is 0 Å². The molecule has 1 amide bonds. The highest BCUT2D eigenvalue weighted by molar-refractivity contribution is 5.86. The topological polar surface area (TPSA) is 94.1 Å². The Labute approximate surface area is 129 Å². The molecule has 7 heteroatoms. The van der Waals surface area contributed by atoms with Crippen molar-refractivity contribution in [2.24, 2.45) is 0 Å². The molecule has 0 spiro atoms. The van der Waals surface area contributed by atoms with Crippen molar-refractivity contribution in [3.05, 3.63) is 29.8 Å². The molecule has 2 unspecified atom stereocenters. The maximum atomic E-state index is 11.9. The Kier molecular flexibility index (Phi) is 7.34. The predicted molar refractivity (Wildman–Crippen MR) is 78.7 cm³/mol. The van der Waals surface area contributed by atoms with E-state index in [2.05, 4.69) is 5.32 Å². The molecule has 0 aliphatic rings. The van der Waals surface area contributed by atoms with Gasteiger partial charge in [-0.15, -0.1) is 0 Å². The Hall–Kier alpha value is -2.12. The van der Waals surface area contributed by atoms with E-state index in [0.29, 0.717) is 5.75 Å². The Morgan fingerprint density at radius 1 is 1.32 bits per heavy atom. The molecule has 0 bridgehead atoms. The lowest BCUT2D eigenvalue weighted by Gasteiger charge is -2.17. The number of aliphatic carboxylic acids is 1. The molecule has 122 valence electrons. The fourth-order valence-electron chi connectivity index (χ4n) is 1.69. The van der Waals surface area contributed by atoms with Crippen LogP contribution in [0.3, 0.4) is 0 Å². The van der Waals surface area contributed by atoms with Gasteiger partial charge >= 0.3 is 5.97 Å². The lowest BCUT2D eigenvalue weighted by Crippen LogP contribution is -2.47. The first kappa shape index (κ1) is 17.9. The number of hydrogen-bond acceptors (Lipinski definition) is 5. The number of hydrogen-bond donors (Lipinski definition) is 2. The van der Waals surface area contributed by atoms with Crippen LogP contribution in [-0.2, 0) is 25.7 Å². The number of benzene rings is 1. The third-order valence-electron chi connectivity index (χ3n) is 2.95. The van der Waals surface area contributed by atoms with Gasteiger partial charge in [-0.3, -0.25) is 4.79 Å². The van der Waals surface area contributed by atoms with Gasteiger partial charge in [0.05, 0.1) is 20.3 Å².